The van der Waals surface area contributed by atoms with Gasteiger partial charge in [-0.3, -0.25) is 19.8 Å². The fourth-order valence-corrected chi connectivity index (χ4v) is 5.39. The summed E-state index contributed by atoms with van der Waals surface area (Å²) in [7, 11) is -4.23. The standard InChI is InChI=1S/C29H25F2N5O3S/c1-4-29(2,3)27(37)35-28-33-16-19-14-17(8-10-22(19)34-28)25-21(30)9-11-23(26(25)31)36-40(38,39)24-7-5-6-18-15-32-13-12-20(18)24/h5-16,36H,4H2,1-3H3,(H,33,34,35,37). The number of fused-ring (bicyclic) bond motifs is 2. The molecule has 0 aliphatic rings. The maximum absolute atomic E-state index is 15.7. The average molecular weight is 562 g/mol. The van der Waals surface area contributed by atoms with Crippen LogP contribution in [0.4, 0.5) is 20.4 Å². The molecule has 0 fully saturated rings. The molecule has 8 nitrogen and oxygen atoms in total. The molecule has 1 amide bonds. The third-order valence-corrected chi connectivity index (χ3v) is 8.28. The van der Waals surface area contributed by atoms with Gasteiger partial charge < -0.3 is 0 Å². The first-order valence-electron chi connectivity index (χ1n) is 12.4. The van der Waals surface area contributed by atoms with Crippen LogP contribution in [-0.4, -0.2) is 29.3 Å². The molecule has 5 rings (SSSR count). The van der Waals surface area contributed by atoms with Gasteiger partial charge in [-0.2, -0.15) is 0 Å². The van der Waals surface area contributed by atoms with E-state index in [1.807, 2.05) is 20.8 Å². The van der Waals surface area contributed by atoms with E-state index in [9.17, 15) is 17.6 Å². The quantitative estimate of drug-likeness (QED) is 0.241. The highest BCUT2D eigenvalue weighted by atomic mass is 32.2. The SMILES string of the molecule is CCC(C)(C)C(=O)Nc1ncc2cc(-c3c(F)ccc(NS(=O)(=O)c4cccc5cnccc45)c3F)ccc2n1. The van der Waals surface area contributed by atoms with Crippen molar-refractivity contribution in [2.45, 2.75) is 32.1 Å². The Balaban J connectivity index is 1.48. The Morgan fingerprint density at radius 3 is 2.58 bits per heavy atom. The van der Waals surface area contributed by atoms with Gasteiger partial charge in [0.15, 0.2) is 5.82 Å². The number of aromatic nitrogens is 3. The lowest BCUT2D eigenvalue weighted by Crippen LogP contribution is -2.30. The van der Waals surface area contributed by atoms with Crippen LogP contribution in [0.1, 0.15) is 27.2 Å². The Kier molecular flexibility index (Phi) is 6.92. The Hall–Kier alpha value is -4.51. The predicted octanol–water partition coefficient (Wildman–Crippen LogP) is 6.30. The van der Waals surface area contributed by atoms with Crippen molar-refractivity contribution in [1.29, 1.82) is 0 Å². The summed E-state index contributed by atoms with van der Waals surface area (Å²) in [4.78, 5) is 24.9. The molecule has 0 aliphatic heterocycles. The van der Waals surface area contributed by atoms with E-state index in [4.69, 9.17) is 0 Å². The fourth-order valence-electron chi connectivity index (χ4n) is 4.10. The van der Waals surface area contributed by atoms with Gasteiger partial charge >= 0.3 is 0 Å². The van der Waals surface area contributed by atoms with Gasteiger partial charge in [-0.15, -0.1) is 0 Å². The fraction of sp³-hybridized carbons (Fsp3) is 0.172. The molecule has 0 bridgehead atoms. The number of nitrogens with zero attached hydrogens (tertiary/aromatic N) is 3. The molecule has 204 valence electrons. The van der Waals surface area contributed by atoms with E-state index >= 15 is 4.39 Å². The molecule has 5 aromatic rings. The topological polar surface area (TPSA) is 114 Å². The van der Waals surface area contributed by atoms with Crippen molar-refractivity contribution in [2.75, 3.05) is 10.0 Å². The largest absolute Gasteiger partial charge is 0.294 e. The minimum absolute atomic E-state index is 0.0641. The average Bonchev–Trinajstić information content (AvgIpc) is 2.94. The van der Waals surface area contributed by atoms with E-state index in [-0.39, 0.29) is 22.3 Å². The lowest BCUT2D eigenvalue weighted by Gasteiger charge is -2.20. The van der Waals surface area contributed by atoms with Crippen molar-refractivity contribution in [3.05, 3.63) is 84.8 Å². The molecular formula is C29H25F2N5O3S. The highest BCUT2D eigenvalue weighted by molar-refractivity contribution is 7.93. The normalized spacial score (nSPS) is 12.0. The number of hydrogen-bond acceptors (Lipinski definition) is 6. The van der Waals surface area contributed by atoms with Gasteiger partial charge in [0.2, 0.25) is 11.9 Å². The predicted molar refractivity (Wildman–Crippen MR) is 150 cm³/mol. The molecule has 0 saturated carbocycles. The van der Waals surface area contributed by atoms with Crippen molar-refractivity contribution < 1.29 is 22.0 Å². The number of sulfonamides is 1. The Bertz CT molecular complexity index is 1890. The van der Waals surface area contributed by atoms with Crippen LogP contribution in [0.25, 0.3) is 32.8 Å². The summed E-state index contributed by atoms with van der Waals surface area (Å²) in [5.41, 5.74) is -0.811. The van der Waals surface area contributed by atoms with Gasteiger partial charge in [-0.1, -0.05) is 39.0 Å². The van der Waals surface area contributed by atoms with Crippen LogP contribution in [0.15, 0.2) is 78.1 Å². The van der Waals surface area contributed by atoms with E-state index in [0.717, 1.165) is 12.1 Å². The summed E-state index contributed by atoms with van der Waals surface area (Å²) in [6.07, 6.45) is 5.06. The minimum atomic E-state index is -4.23. The Morgan fingerprint density at radius 2 is 1.80 bits per heavy atom. The van der Waals surface area contributed by atoms with Crippen molar-refractivity contribution in [1.82, 2.24) is 15.0 Å². The Labute approximate surface area is 229 Å². The zero-order valence-corrected chi connectivity index (χ0v) is 22.7. The van der Waals surface area contributed by atoms with E-state index in [0.29, 0.717) is 28.1 Å². The zero-order chi connectivity index (χ0) is 28.7. The number of rotatable bonds is 7. The summed E-state index contributed by atoms with van der Waals surface area (Å²) < 4.78 is 59.3. The second-order valence-corrected chi connectivity index (χ2v) is 11.6. The molecule has 0 unspecified atom stereocenters. The van der Waals surface area contributed by atoms with Crippen LogP contribution in [0.5, 0.6) is 0 Å². The molecule has 3 aromatic carbocycles. The lowest BCUT2D eigenvalue weighted by atomic mass is 9.89. The molecule has 11 heteroatoms. The summed E-state index contributed by atoms with van der Waals surface area (Å²) >= 11 is 0. The molecule has 0 radical (unpaired) electrons. The number of pyridine rings is 1. The summed E-state index contributed by atoms with van der Waals surface area (Å²) in [6, 6.07) is 12.8. The highest BCUT2D eigenvalue weighted by Gasteiger charge is 2.26. The molecule has 40 heavy (non-hydrogen) atoms. The van der Waals surface area contributed by atoms with Crippen LogP contribution in [-0.2, 0) is 14.8 Å². The highest BCUT2D eigenvalue weighted by Crippen LogP contribution is 2.34. The minimum Gasteiger partial charge on any atom is -0.294 e. The molecular weight excluding hydrogens is 536 g/mol. The molecule has 2 aromatic heterocycles. The number of carbonyl (C=O) groups is 1. The molecule has 2 heterocycles. The third kappa shape index (κ3) is 5.07. The smallest absolute Gasteiger partial charge is 0.262 e. The maximum atomic E-state index is 15.7. The van der Waals surface area contributed by atoms with Crippen LogP contribution in [0, 0.1) is 17.0 Å². The van der Waals surface area contributed by atoms with Gasteiger partial charge in [-0.25, -0.2) is 27.2 Å². The second-order valence-electron chi connectivity index (χ2n) is 9.90. The van der Waals surface area contributed by atoms with Gasteiger partial charge in [0.25, 0.3) is 10.0 Å². The van der Waals surface area contributed by atoms with Gasteiger partial charge in [0, 0.05) is 40.2 Å². The summed E-state index contributed by atoms with van der Waals surface area (Å²) in [5, 5.41) is 4.18. The first kappa shape index (κ1) is 27.1. The molecule has 2 N–H and O–H groups in total. The van der Waals surface area contributed by atoms with E-state index in [2.05, 4.69) is 25.0 Å². The lowest BCUT2D eigenvalue weighted by molar-refractivity contribution is -0.124. The van der Waals surface area contributed by atoms with Crippen LogP contribution in [0.3, 0.4) is 0 Å². The van der Waals surface area contributed by atoms with Crippen LogP contribution < -0.4 is 10.0 Å². The van der Waals surface area contributed by atoms with E-state index in [1.54, 1.807) is 24.3 Å². The van der Waals surface area contributed by atoms with Crippen LogP contribution >= 0.6 is 0 Å². The second kappa shape index (κ2) is 10.2. The zero-order valence-electron chi connectivity index (χ0n) is 21.9. The molecule has 0 aliphatic carbocycles. The summed E-state index contributed by atoms with van der Waals surface area (Å²) in [6.45, 7) is 5.53. The number of benzene rings is 3. The number of amides is 1. The number of nitrogens with one attached hydrogen (secondary N) is 2. The number of anilines is 2. The molecule has 0 atom stereocenters. The summed E-state index contributed by atoms with van der Waals surface area (Å²) in [5.74, 6) is -2.06. The number of hydrogen-bond donors (Lipinski definition) is 2. The molecule has 0 saturated heterocycles. The van der Waals surface area contributed by atoms with Crippen molar-refractivity contribution in [3.8, 4) is 11.1 Å². The first-order chi connectivity index (χ1) is 19.0. The van der Waals surface area contributed by atoms with Gasteiger partial charge in [-0.05, 0) is 48.4 Å². The van der Waals surface area contributed by atoms with Gasteiger partial charge in [0.05, 0.1) is 21.7 Å². The number of halogens is 2. The van der Waals surface area contributed by atoms with Gasteiger partial charge in [0.1, 0.15) is 5.82 Å². The first-order valence-corrected chi connectivity index (χ1v) is 13.9. The maximum Gasteiger partial charge on any atom is 0.262 e. The van der Waals surface area contributed by atoms with Crippen LogP contribution in [0.2, 0.25) is 0 Å². The van der Waals surface area contributed by atoms with E-state index in [1.165, 1.54) is 36.8 Å². The van der Waals surface area contributed by atoms with E-state index < -0.39 is 38.3 Å². The molecule has 0 spiro atoms. The Morgan fingerprint density at radius 1 is 1.00 bits per heavy atom. The number of carbonyl (C=O) groups excluding carboxylic acids is 1. The van der Waals surface area contributed by atoms with Crippen molar-refractivity contribution in [3.63, 3.8) is 0 Å². The van der Waals surface area contributed by atoms with Crippen molar-refractivity contribution in [2.24, 2.45) is 5.41 Å². The third-order valence-electron chi connectivity index (χ3n) is 6.86. The monoisotopic (exact) mass is 561 g/mol. The van der Waals surface area contributed by atoms with Crippen molar-refractivity contribution >= 4 is 49.2 Å².